The normalized spacial score (nSPS) is 14.5. The Morgan fingerprint density at radius 2 is 1.70 bits per heavy atom. The fourth-order valence-electron chi connectivity index (χ4n) is 3.33. The molecule has 8 heteroatoms. The summed E-state index contributed by atoms with van der Waals surface area (Å²) in [5.41, 5.74) is 2.11. The van der Waals surface area contributed by atoms with Gasteiger partial charge < -0.3 is 14.8 Å². The first-order valence-corrected chi connectivity index (χ1v) is 11.0. The summed E-state index contributed by atoms with van der Waals surface area (Å²) in [6.07, 6.45) is 1.55. The number of hydrogen-bond acceptors (Lipinski definition) is 4. The molecule has 0 radical (unpaired) electrons. The van der Waals surface area contributed by atoms with Crippen molar-refractivity contribution in [1.29, 1.82) is 0 Å². The number of rotatable bonds is 7. The van der Waals surface area contributed by atoms with Gasteiger partial charge in [0, 0.05) is 5.02 Å². The van der Waals surface area contributed by atoms with Crippen LogP contribution in [-0.2, 0) is 11.4 Å². The fraction of sp³-hybridized carbons (Fsp3) is 0.120. The van der Waals surface area contributed by atoms with Crippen molar-refractivity contribution >= 4 is 46.9 Å². The van der Waals surface area contributed by atoms with E-state index in [4.69, 9.17) is 32.7 Å². The first kappa shape index (κ1) is 22.7. The maximum atomic E-state index is 12.9. The van der Waals surface area contributed by atoms with E-state index in [1.165, 1.54) is 0 Å². The van der Waals surface area contributed by atoms with Gasteiger partial charge in [0.1, 0.15) is 12.3 Å². The fourth-order valence-corrected chi connectivity index (χ4v) is 3.73. The maximum absolute atomic E-state index is 12.9. The van der Waals surface area contributed by atoms with Crippen molar-refractivity contribution in [2.24, 2.45) is 0 Å². The van der Waals surface area contributed by atoms with E-state index in [0.29, 0.717) is 46.0 Å². The van der Waals surface area contributed by atoms with Gasteiger partial charge in [-0.05, 0) is 60.5 Å². The number of ether oxygens (including phenoxy) is 2. The van der Waals surface area contributed by atoms with Gasteiger partial charge in [-0.2, -0.15) is 0 Å². The van der Waals surface area contributed by atoms with Crippen molar-refractivity contribution in [1.82, 2.24) is 5.32 Å². The second-order valence-electron chi connectivity index (χ2n) is 7.14. The van der Waals surface area contributed by atoms with Crippen molar-refractivity contribution in [3.8, 4) is 11.5 Å². The Hall–Kier alpha value is -3.48. The molecule has 0 aliphatic carbocycles. The van der Waals surface area contributed by atoms with Gasteiger partial charge in [0.25, 0.3) is 5.91 Å². The van der Waals surface area contributed by atoms with Gasteiger partial charge in [-0.1, -0.05) is 53.5 Å². The monoisotopic (exact) mass is 482 g/mol. The van der Waals surface area contributed by atoms with Gasteiger partial charge in [0.05, 0.1) is 17.3 Å². The lowest BCUT2D eigenvalue weighted by Crippen LogP contribution is -2.30. The molecule has 33 heavy (non-hydrogen) atoms. The van der Waals surface area contributed by atoms with Crippen LogP contribution >= 0.6 is 23.2 Å². The third-order valence-corrected chi connectivity index (χ3v) is 5.36. The number of halogens is 2. The van der Waals surface area contributed by atoms with Crippen molar-refractivity contribution < 1.29 is 19.1 Å². The minimum atomic E-state index is -0.549. The number of hydrogen-bond donors (Lipinski definition) is 1. The molecule has 0 aromatic heterocycles. The van der Waals surface area contributed by atoms with E-state index in [2.05, 4.69) is 5.32 Å². The molecule has 1 N–H and O–H groups in total. The van der Waals surface area contributed by atoms with E-state index >= 15 is 0 Å². The van der Waals surface area contributed by atoms with Crippen LogP contribution < -0.4 is 19.7 Å². The molecule has 1 fully saturated rings. The van der Waals surface area contributed by atoms with Crippen LogP contribution in [0.5, 0.6) is 11.5 Å². The SMILES string of the molecule is CCOc1cc(/C=C2/NC(=O)N(c3ccc(Cl)cc3)C2=O)cc(Cl)c1OCc1ccccc1. The number of benzene rings is 3. The number of amides is 3. The Balaban J connectivity index is 1.60. The second kappa shape index (κ2) is 9.98. The van der Waals surface area contributed by atoms with E-state index in [9.17, 15) is 9.59 Å². The van der Waals surface area contributed by atoms with Gasteiger partial charge in [0.15, 0.2) is 11.5 Å². The number of nitrogens with zero attached hydrogens (tertiary/aromatic N) is 1. The number of nitrogens with one attached hydrogen (secondary N) is 1. The van der Waals surface area contributed by atoms with E-state index in [1.54, 1.807) is 42.5 Å². The van der Waals surface area contributed by atoms with Gasteiger partial charge in [-0.25, -0.2) is 9.69 Å². The zero-order valence-corrected chi connectivity index (χ0v) is 19.2. The summed E-state index contributed by atoms with van der Waals surface area (Å²) in [4.78, 5) is 26.4. The number of imide groups is 1. The number of urea groups is 1. The number of anilines is 1. The van der Waals surface area contributed by atoms with Gasteiger partial charge in [-0.15, -0.1) is 0 Å². The van der Waals surface area contributed by atoms with Gasteiger partial charge in [-0.3, -0.25) is 4.79 Å². The predicted octanol–water partition coefficient (Wildman–Crippen LogP) is 6.07. The second-order valence-corrected chi connectivity index (χ2v) is 7.99. The zero-order chi connectivity index (χ0) is 23.4. The molecule has 1 aliphatic heterocycles. The van der Waals surface area contributed by atoms with Crippen LogP contribution in [0.2, 0.25) is 10.0 Å². The van der Waals surface area contributed by atoms with E-state index < -0.39 is 11.9 Å². The molecule has 0 saturated carbocycles. The minimum Gasteiger partial charge on any atom is -0.490 e. The summed E-state index contributed by atoms with van der Waals surface area (Å²) in [7, 11) is 0. The first-order valence-electron chi connectivity index (χ1n) is 10.2. The standard InChI is InChI=1S/C25H20Cl2N2O4/c1-2-32-22-14-17(12-20(27)23(22)33-15-16-6-4-3-5-7-16)13-21-24(30)29(25(31)28-21)19-10-8-18(26)9-11-19/h3-14H,2,15H2,1H3,(H,28,31)/b21-13+. The van der Waals surface area contributed by atoms with E-state index in [1.807, 2.05) is 37.3 Å². The largest absolute Gasteiger partial charge is 0.490 e. The molecule has 6 nitrogen and oxygen atoms in total. The molecule has 0 atom stereocenters. The Morgan fingerprint density at radius 3 is 2.39 bits per heavy atom. The Labute approximate surface area is 201 Å². The highest BCUT2D eigenvalue weighted by molar-refractivity contribution is 6.33. The zero-order valence-electron chi connectivity index (χ0n) is 17.7. The molecule has 1 heterocycles. The third-order valence-electron chi connectivity index (χ3n) is 4.83. The molecule has 168 valence electrons. The highest BCUT2D eigenvalue weighted by atomic mass is 35.5. The van der Waals surface area contributed by atoms with Crippen LogP contribution in [0, 0.1) is 0 Å². The van der Waals surface area contributed by atoms with Crippen LogP contribution in [-0.4, -0.2) is 18.5 Å². The minimum absolute atomic E-state index is 0.117. The molecule has 1 saturated heterocycles. The average molecular weight is 483 g/mol. The third kappa shape index (κ3) is 5.13. The first-order chi connectivity index (χ1) is 16.0. The lowest BCUT2D eigenvalue weighted by Gasteiger charge is -2.15. The van der Waals surface area contributed by atoms with E-state index in [-0.39, 0.29) is 5.70 Å². The molecule has 4 rings (SSSR count). The maximum Gasteiger partial charge on any atom is 0.333 e. The highest BCUT2D eigenvalue weighted by Crippen LogP contribution is 2.38. The topological polar surface area (TPSA) is 67.9 Å². The Bertz CT molecular complexity index is 1210. The summed E-state index contributed by atoms with van der Waals surface area (Å²) >= 11 is 12.4. The number of carbonyl (C=O) groups is 2. The molecule has 0 bridgehead atoms. The smallest absolute Gasteiger partial charge is 0.333 e. The molecular formula is C25H20Cl2N2O4. The molecular weight excluding hydrogens is 463 g/mol. The van der Waals surface area contributed by atoms with Crippen LogP contribution in [0.15, 0.2) is 72.4 Å². The van der Waals surface area contributed by atoms with Crippen LogP contribution in [0.25, 0.3) is 6.08 Å². The lowest BCUT2D eigenvalue weighted by molar-refractivity contribution is -0.113. The summed E-state index contributed by atoms with van der Waals surface area (Å²) in [5.74, 6) is 0.369. The number of carbonyl (C=O) groups excluding carboxylic acids is 2. The van der Waals surface area contributed by atoms with Gasteiger partial charge in [0.2, 0.25) is 0 Å². The Kier molecular flexibility index (Phi) is 6.87. The van der Waals surface area contributed by atoms with Crippen molar-refractivity contribution in [2.45, 2.75) is 13.5 Å². The van der Waals surface area contributed by atoms with Crippen molar-refractivity contribution in [2.75, 3.05) is 11.5 Å². The molecule has 1 aliphatic rings. The Morgan fingerprint density at radius 1 is 0.970 bits per heavy atom. The average Bonchev–Trinajstić information content (AvgIpc) is 3.07. The molecule has 0 unspecified atom stereocenters. The highest BCUT2D eigenvalue weighted by Gasteiger charge is 2.34. The van der Waals surface area contributed by atoms with E-state index in [0.717, 1.165) is 10.5 Å². The summed E-state index contributed by atoms with van der Waals surface area (Å²) in [6.45, 7) is 2.58. The molecule has 3 aromatic rings. The van der Waals surface area contributed by atoms with Crippen molar-refractivity contribution in [3.63, 3.8) is 0 Å². The van der Waals surface area contributed by atoms with Crippen LogP contribution in [0.3, 0.4) is 0 Å². The van der Waals surface area contributed by atoms with Crippen LogP contribution in [0.4, 0.5) is 10.5 Å². The summed E-state index contributed by atoms with van der Waals surface area (Å²) < 4.78 is 11.6. The summed E-state index contributed by atoms with van der Waals surface area (Å²) in [6, 6.07) is 18.9. The van der Waals surface area contributed by atoms with Crippen LogP contribution in [0.1, 0.15) is 18.1 Å². The molecule has 3 aromatic carbocycles. The quantitative estimate of drug-likeness (QED) is 0.327. The van der Waals surface area contributed by atoms with Crippen molar-refractivity contribution in [3.05, 3.63) is 93.6 Å². The summed E-state index contributed by atoms with van der Waals surface area (Å²) in [5, 5.41) is 3.44. The lowest BCUT2D eigenvalue weighted by atomic mass is 10.1. The predicted molar refractivity (Wildman–Crippen MR) is 129 cm³/mol. The molecule has 3 amide bonds. The van der Waals surface area contributed by atoms with Gasteiger partial charge >= 0.3 is 6.03 Å². The molecule has 0 spiro atoms.